The zero-order valence-electron chi connectivity index (χ0n) is 12.2. The topological polar surface area (TPSA) is 27.7 Å². The predicted molar refractivity (Wildman–Crippen MR) is 75.5 cm³/mol. The zero-order valence-corrected chi connectivity index (χ0v) is 13.2. The third-order valence-electron chi connectivity index (χ3n) is 2.81. The number of benzene rings is 1. The SMILES string of the molecule is CCO[Si](CCc1ccc(F)cc1F)(OCC)OCC. The molecular weight excluding hydrogens is 282 g/mol. The third kappa shape index (κ3) is 4.94. The number of hydrogen-bond acceptors (Lipinski definition) is 3. The van der Waals surface area contributed by atoms with Crippen molar-refractivity contribution in [3.05, 3.63) is 35.4 Å². The van der Waals surface area contributed by atoms with Gasteiger partial charge in [0.2, 0.25) is 0 Å². The summed E-state index contributed by atoms with van der Waals surface area (Å²) < 4.78 is 43.6. The van der Waals surface area contributed by atoms with Gasteiger partial charge in [-0.25, -0.2) is 8.78 Å². The molecule has 1 rings (SSSR count). The van der Waals surface area contributed by atoms with Crippen LogP contribution >= 0.6 is 0 Å². The molecule has 0 saturated heterocycles. The minimum Gasteiger partial charge on any atom is -0.374 e. The maximum atomic E-state index is 13.6. The van der Waals surface area contributed by atoms with Gasteiger partial charge in [-0.15, -0.1) is 0 Å². The van der Waals surface area contributed by atoms with Gasteiger partial charge >= 0.3 is 8.80 Å². The average molecular weight is 304 g/mol. The Balaban J connectivity index is 2.78. The van der Waals surface area contributed by atoms with E-state index in [2.05, 4.69) is 0 Å². The van der Waals surface area contributed by atoms with Gasteiger partial charge < -0.3 is 13.3 Å². The monoisotopic (exact) mass is 304 g/mol. The van der Waals surface area contributed by atoms with Crippen molar-refractivity contribution in [2.24, 2.45) is 0 Å². The van der Waals surface area contributed by atoms with Crippen molar-refractivity contribution >= 4 is 8.80 Å². The van der Waals surface area contributed by atoms with Crippen LogP contribution in [0.15, 0.2) is 18.2 Å². The van der Waals surface area contributed by atoms with Crippen LogP contribution in [0.1, 0.15) is 26.3 Å². The van der Waals surface area contributed by atoms with Gasteiger partial charge in [-0.3, -0.25) is 0 Å². The van der Waals surface area contributed by atoms with Crippen molar-refractivity contribution in [2.75, 3.05) is 19.8 Å². The molecule has 0 aliphatic rings. The summed E-state index contributed by atoms with van der Waals surface area (Å²) in [6, 6.07) is 4.07. The van der Waals surface area contributed by atoms with Crippen LogP contribution in [-0.4, -0.2) is 28.6 Å². The molecule has 1 aromatic rings. The molecule has 0 aliphatic carbocycles. The highest BCUT2D eigenvalue weighted by Crippen LogP contribution is 2.21. The highest BCUT2D eigenvalue weighted by atomic mass is 28.4. The lowest BCUT2D eigenvalue weighted by atomic mass is 10.1. The average Bonchev–Trinajstić information content (AvgIpc) is 2.38. The summed E-state index contributed by atoms with van der Waals surface area (Å²) in [5.41, 5.74) is 0.447. The van der Waals surface area contributed by atoms with Gasteiger partial charge in [-0.2, -0.15) is 0 Å². The molecule has 20 heavy (non-hydrogen) atoms. The van der Waals surface area contributed by atoms with E-state index in [9.17, 15) is 8.78 Å². The fourth-order valence-electron chi connectivity index (χ4n) is 2.01. The summed E-state index contributed by atoms with van der Waals surface area (Å²) in [4.78, 5) is 0. The molecule has 0 N–H and O–H groups in total. The fourth-order valence-corrected chi connectivity index (χ4v) is 4.59. The highest BCUT2D eigenvalue weighted by molar-refractivity contribution is 6.60. The van der Waals surface area contributed by atoms with E-state index in [-0.39, 0.29) is 0 Å². The van der Waals surface area contributed by atoms with E-state index in [4.69, 9.17) is 13.3 Å². The van der Waals surface area contributed by atoms with Crippen molar-refractivity contribution in [1.82, 2.24) is 0 Å². The lowest BCUT2D eigenvalue weighted by Gasteiger charge is -2.28. The van der Waals surface area contributed by atoms with Crippen LogP contribution in [0.2, 0.25) is 6.04 Å². The number of aryl methyl sites for hydroxylation is 1. The number of hydrogen-bond donors (Lipinski definition) is 0. The van der Waals surface area contributed by atoms with Crippen molar-refractivity contribution in [3.8, 4) is 0 Å². The van der Waals surface area contributed by atoms with Gasteiger partial charge in [0.05, 0.1) is 0 Å². The van der Waals surface area contributed by atoms with Crippen LogP contribution < -0.4 is 0 Å². The van der Waals surface area contributed by atoms with Crippen molar-refractivity contribution in [2.45, 2.75) is 33.2 Å². The molecule has 0 fully saturated rings. The first kappa shape index (κ1) is 17.2. The van der Waals surface area contributed by atoms with Gasteiger partial charge in [0, 0.05) is 31.9 Å². The summed E-state index contributed by atoms with van der Waals surface area (Å²) in [7, 11) is -2.78. The Morgan fingerprint density at radius 3 is 1.95 bits per heavy atom. The van der Waals surface area contributed by atoms with E-state index in [1.54, 1.807) is 0 Å². The maximum Gasteiger partial charge on any atom is 0.501 e. The van der Waals surface area contributed by atoms with E-state index in [1.807, 2.05) is 20.8 Å². The van der Waals surface area contributed by atoms with E-state index < -0.39 is 20.4 Å². The number of rotatable bonds is 9. The summed E-state index contributed by atoms with van der Waals surface area (Å²) >= 11 is 0. The molecule has 114 valence electrons. The molecule has 0 saturated carbocycles. The Kier molecular flexibility index (Phi) is 7.29. The Hall–Kier alpha value is -0.823. The van der Waals surface area contributed by atoms with Crippen LogP contribution in [0.5, 0.6) is 0 Å². The zero-order chi connectivity index (χ0) is 15.0. The first-order valence-electron chi connectivity index (χ1n) is 6.92. The van der Waals surface area contributed by atoms with Crippen LogP contribution in [0.3, 0.4) is 0 Å². The molecule has 0 amide bonds. The van der Waals surface area contributed by atoms with Crippen molar-refractivity contribution in [3.63, 3.8) is 0 Å². The lowest BCUT2D eigenvalue weighted by molar-refractivity contribution is 0.0714. The van der Waals surface area contributed by atoms with E-state index in [0.29, 0.717) is 37.8 Å². The molecular formula is C14H22F2O3Si. The van der Waals surface area contributed by atoms with Gasteiger partial charge in [0.15, 0.2) is 0 Å². The summed E-state index contributed by atoms with van der Waals surface area (Å²) in [5, 5.41) is 0. The molecule has 0 heterocycles. The van der Waals surface area contributed by atoms with Crippen LogP contribution in [-0.2, 0) is 19.7 Å². The maximum absolute atomic E-state index is 13.6. The molecule has 0 aromatic heterocycles. The minimum atomic E-state index is -2.78. The largest absolute Gasteiger partial charge is 0.501 e. The first-order chi connectivity index (χ1) is 9.56. The van der Waals surface area contributed by atoms with Gasteiger partial charge in [0.1, 0.15) is 11.6 Å². The second kappa shape index (κ2) is 8.46. The van der Waals surface area contributed by atoms with Gasteiger partial charge in [-0.05, 0) is 38.8 Å². The van der Waals surface area contributed by atoms with E-state index in [1.165, 1.54) is 12.1 Å². The molecule has 0 aliphatic heterocycles. The standard InChI is InChI=1S/C14H22F2O3Si/c1-4-17-20(18-5-2,19-6-3)10-9-12-7-8-13(15)11-14(12)16/h7-8,11H,4-6,9-10H2,1-3H3. The Morgan fingerprint density at radius 2 is 1.50 bits per heavy atom. The Morgan fingerprint density at radius 1 is 0.950 bits per heavy atom. The normalized spacial score (nSPS) is 11.8. The fraction of sp³-hybridized carbons (Fsp3) is 0.571. The Bertz CT molecular complexity index is 398. The Labute approximate surface area is 120 Å². The molecule has 3 nitrogen and oxygen atoms in total. The predicted octanol–water partition coefficient (Wildman–Crippen LogP) is 3.56. The summed E-state index contributed by atoms with van der Waals surface area (Å²) in [6.07, 6.45) is 0.401. The quantitative estimate of drug-likeness (QED) is 0.653. The van der Waals surface area contributed by atoms with Crippen molar-refractivity contribution < 1.29 is 22.1 Å². The molecule has 0 atom stereocenters. The summed E-state index contributed by atoms with van der Waals surface area (Å²) in [5.74, 6) is -1.12. The molecule has 0 spiro atoms. The van der Waals surface area contributed by atoms with E-state index in [0.717, 1.165) is 6.07 Å². The van der Waals surface area contributed by atoms with Crippen LogP contribution in [0.25, 0.3) is 0 Å². The second-order valence-electron chi connectivity index (χ2n) is 4.22. The highest BCUT2D eigenvalue weighted by Gasteiger charge is 2.40. The number of halogens is 2. The minimum absolute atomic E-state index is 0.401. The third-order valence-corrected chi connectivity index (χ3v) is 5.86. The lowest BCUT2D eigenvalue weighted by Crippen LogP contribution is -2.46. The molecule has 0 radical (unpaired) electrons. The first-order valence-corrected chi connectivity index (χ1v) is 8.85. The van der Waals surface area contributed by atoms with Gasteiger partial charge in [-0.1, -0.05) is 6.07 Å². The van der Waals surface area contributed by atoms with Gasteiger partial charge in [0.25, 0.3) is 0 Å². The second-order valence-corrected chi connectivity index (χ2v) is 6.95. The van der Waals surface area contributed by atoms with Crippen LogP contribution in [0.4, 0.5) is 8.78 Å². The van der Waals surface area contributed by atoms with Crippen molar-refractivity contribution in [1.29, 1.82) is 0 Å². The molecule has 0 unspecified atom stereocenters. The summed E-state index contributed by atoms with van der Waals surface area (Å²) in [6.45, 7) is 7.07. The smallest absolute Gasteiger partial charge is 0.374 e. The van der Waals surface area contributed by atoms with E-state index >= 15 is 0 Å². The molecule has 1 aromatic carbocycles. The molecule has 6 heteroatoms. The molecule has 0 bridgehead atoms. The van der Waals surface area contributed by atoms with Crippen LogP contribution in [0, 0.1) is 11.6 Å².